The monoisotopic (exact) mass is 319 g/mol. The van der Waals surface area contributed by atoms with E-state index in [-0.39, 0.29) is 0 Å². The summed E-state index contributed by atoms with van der Waals surface area (Å²) in [6.45, 7) is 4.16. The van der Waals surface area contributed by atoms with Gasteiger partial charge in [0.2, 0.25) is 0 Å². The van der Waals surface area contributed by atoms with Gasteiger partial charge in [0.1, 0.15) is 5.75 Å². The van der Waals surface area contributed by atoms with Crippen LogP contribution in [0.25, 0.3) is 0 Å². The highest BCUT2D eigenvalue weighted by Crippen LogP contribution is 2.17. The molecule has 6 heteroatoms. The molecule has 6 nitrogen and oxygen atoms in total. The fourth-order valence-electron chi connectivity index (χ4n) is 2.66. The maximum atomic E-state index is 11.0. The van der Waals surface area contributed by atoms with Crippen LogP contribution in [0.2, 0.25) is 0 Å². The van der Waals surface area contributed by atoms with E-state index in [4.69, 9.17) is 10.5 Å². The van der Waals surface area contributed by atoms with Crippen molar-refractivity contribution in [2.24, 2.45) is 5.73 Å². The fraction of sp³-hybridized carbons (Fsp3) is 0.529. The molecule has 0 radical (unpaired) electrons. The largest absolute Gasteiger partial charge is 0.494 e. The number of ether oxygens (including phenoxy) is 1. The number of carbonyl (C=O) groups is 2. The van der Waals surface area contributed by atoms with Gasteiger partial charge in [-0.2, -0.15) is 0 Å². The first-order chi connectivity index (χ1) is 11.1. The van der Waals surface area contributed by atoms with Crippen molar-refractivity contribution in [3.8, 4) is 5.75 Å². The Bertz CT molecular complexity index is 528. The lowest BCUT2D eigenvalue weighted by Gasteiger charge is -2.26. The molecule has 126 valence electrons. The maximum absolute atomic E-state index is 11.0. The minimum atomic E-state index is -0.962. The first-order valence-corrected chi connectivity index (χ1v) is 8.17. The average molecular weight is 319 g/mol. The van der Waals surface area contributed by atoms with Gasteiger partial charge in [0.05, 0.1) is 6.61 Å². The highest BCUT2D eigenvalue weighted by atomic mass is 16.5. The number of likely N-dealkylation sites (tertiary alicyclic amines) is 1. The van der Waals surface area contributed by atoms with Crippen LogP contribution in [0.1, 0.15) is 31.2 Å². The molecule has 1 aliphatic heterocycles. The molecule has 0 spiro atoms. The number of benzene rings is 1. The van der Waals surface area contributed by atoms with Crippen LogP contribution >= 0.6 is 0 Å². The molecule has 1 aliphatic rings. The molecule has 1 heterocycles. The minimum Gasteiger partial charge on any atom is -0.494 e. The van der Waals surface area contributed by atoms with Gasteiger partial charge < -0.3 is 15.8 Å². The molecule has 23 heavy (non-hydrogen) atoms. The Balaban J connectivity index is 1.70. The number of piperidine rings is 1. The Morgan fingerprint density at radius 1 is 1.22 bits per heavy atom. The molecule has 3 N–H and O–H groups in total. The van der Waals surface area contributed by atoms with Crippen LogP contribution in [0.15, 0.2) is 24.3 Å². The van der Waals surface area contributed by atoms with E-state index in [0.29, 0.717) is 19.6 Å². The summed E-state index contributed by atoms with van der Waals surface area (Å²) in [6.07, 6.45) is 4.53. The van der Waals surface area contributed by atoms with Gasteiger partial charge in [0.25, 0.3) is 0 Å². The van der Waals surface area contributed by atoms with Crippen molar-refractivity contribution in [2.45, 2.75) is 32.2 Å². The van der Waals surface area contributed by atoms with Crippen molar-refractivity contribution in [3.63, 3.8) is 0 Å². The molecule has 0 saturated carbocycles. The Morgan fingerprint density at radius 2 is 2.00 bits per heavy atom. The van der Waals surface area contributed by atoms with Crippen LogP contribution < -0.4 is 15.8 Å². The second-order valence-corrected chi connectivity index (χ2v) is 5.81. The van der Waals surface area contributed by atoms with Crippen molar-refractivity contribution in [1.29, 1.82) is 0 Å². The fourth-order valence-corrected chi connectivity index (χ4v) is 2.66. The average Bonchev–Trinajstić information content (AvgIpc) is 2.55. The molecule has 2 amide bonds. The van der Waals surface area contributed by atoms with Crippen LogP contribution in [-0.2, 0) is 16.1 Å². The van der Waals surface area contributed by atoms with Gasteiger partial charge >= 0.3 is 11.8 Å². The lowest BCUT2D eigenvalue weighted by Crippen LogP contribution is -2.36. The predicted molar refractivity (Wildman–Crippen MR) is 87.9 cm³/mol. The summed E-state index contributed by atoms with van der Waals surface area (Å²) in [4.78, 5) is 24.0. The molecule has 0 bridgehead atoms. The molecule has 1 saturated heterocycles. The van der Waals surface area contributed by atoms with Crippen LogP contribution in [0.5, 0.6) is 5.75 Å². The molecule has 0 aliphatic carbocycles. The number of nitrogens with zero attached hydrogens (tertiary/aromatic N) is 1. The molecular weight excluding hydrogens is 294 g/mol. The zero-order valence-electron chi connectivity index (χ0n) is 13.4. The van der Waals surface area contributed by atoms with E-state index in [9.17, 15) is 9.59 Å². The maximum Gasteiger partial charge on any atom is 0.309 e. The quantitative estimate of drug-likeness (QED) is 0.581. The zero-order valence-corrected chi connectivity index (χ0v) is 13.4. The number of amides is 2. The number of nitrogens with two attached hydrogens (primary N) is 1. The van der Waals surface area contributed by atoms with Gasteiger partial charge in [-0.05, 0) is 50.0 Å². The Hall–Kier alpha value is -2.08. The summed E-state index contributed by atoms with van der Waals surface area (Å²) in [5.41, 5.74) is 6.10. The van der Waals surface area contributed by atoms with Crippen molar-refractivity contribution in [2.75, 3.05) is 26.2 Å². The third-order valence-electron chi connectivity index (χ3n) is 3.85. The lowest BCUT2D eigenvalue weighted by molar-refractivity contribution is -0.137. The molecule has 2 rings (SSSR count). The van der Waals surface area contributed by atoms with Crippen LogP contribution in [0, 0.1) is 0 Å². The molecule has 1 aromatic rings. The number of carbonyl (C=O) groups excluding carboxylic acids is 2. The number of hydrogen-bond donors (Lipinski definition) is 2. The third-order valence-corrected chi connectivity index (χ3v) is 3.85. The molecule has 1 fully saturated rings. The molecular formula is C17H25N3O3. The SMILES string of the molecule is NC(=O)C(=O)NCCCOc1cccc(CN2CCCCC2)c1. The second-order valence-electron chi connectivity index (χ2n) is 5.81. The Kier molecular flexibility index (Phi) is 6.87. The molecule has 1 aromatic carbocycles. The van der Waals surface area contributed by atoms with Crippen LogP contribution in [0.4, 0.5) is 0 Å². The topological polar surface area (TPSA) is 84.7 Å². The smallest absolute Gasteiger partial charge is 0.309 e. The second kappa shape index (κ2) is 9.15. The first kappa shape index (κ1) is 17.3. The third kappa shape index (κ3) is 6.28. The number of primary amides is 1. The van der Waals surface area contributed by atoms with Gasteiger partial charge in [0, 0.05) is 13.1 Å². The number of rotatable bonds is 7. The van der Waals surface area contributed by atoms with Crippen molar-refractivity contribution in [1.82, 2.24) is 10.2 Å². The zero-order chi connectivity index (χ0) is 16.5. The minimum absolute atomic E-state index is 0.370. The molecule has 0 unspecified atom stereocenters. The predicted octanol–water partition coefficient (Wildman–Crippen LogP) is 1.04. The summed E-state index contributed by atoms with van der Waals surface area (Å²) in [5.74, 6) is -0.884. The van der Waals surface area contributed by atoms with E-state index in [0.717, 1.165) is 12.3 Å². The summed E-state index contributed by atoms with van der Waals surface area (Å²) in [6, 6.07) is 8.12. The van der Waals surface area contributed by atoms with Gasteiger partial charge in [-0.15, -0.1) is 0 Å². The van der Waals surface area contributed by atoms with E-state index in [2.05, 4.69) is 22.3 Å². The van der Waals surface area contributed by atoms with Gasteiger partial charge in [0.15, 0.2) is 0 Å². The van der Waals surface area contributed by atoms with Gasteiger partial charge in [-0.25, -0.2) is 0 Å². The normalized spacial score (nSPS) is 15.1. The lowest BCUT2D eigenvalue weighted by atomic mass is 10.1. The van der Waals surface area contributed by atoms with E-state index >= 15 is 0 Å². The van der Waals surface area contributed by atoms with E-state index in [1.54, 1.807) is 0 Å². The summed E-state index contributed by atoms with van der Waals surface area (Å²) in [7, 11) is 0. The van der Waals surface area contributed by atoms with E-state index in [1.807, 2.05) is 12.1 Å². The van der Waals surface area contributed by atoms with Crippen LogP contribution in [0.3, 0.4) is 0 Å². The number of nitrogens with one attached hydrogen (secondary N) is 1. The highest BCUT2D eigenvalue weighted by molar-refractivity contribution is 6.34. The van der Waals surface area contributed by atoms with Crippen molar-refractivity contribution >= 4 is 11.8 Å². The Morgan fingerprint density at radius 3 is 2.74 bits per heavy atom. The molecule has 0 atom stereocenters. The standard InChI is InChI=1S/C17H25N3O3/c18-16(21)17(22)19-8-5-11-23-15-7-4-6-14(12-15)13-20-9-2-1-3-10-20/h4,6-7,12H,1-3,5,8-11,13H2,(H2,18,21)(H,19,22). The van der Waals surface area contributed by atoms with Crippen molar-refractivity contribution < 1.29 is 14.3 Å². The molecule has 0 aromatic heterocycles. The summed E-state index contributed by atoms with van der Waals surface area (Å²) >= 11 is 0. The van der Waals surface area contributed by atoms with E-state index in [1.165, 1.54) is 37.9 Å². The first-order valence-electron chi connectivity index (χ1n) is 8.17. The van der Waals surface area contributed by atoms with Crippen LogP contribution in [-0.4, -0.2) is 43.0 Å². The number of hydrogen-bond acceptors (Lipinski definition) is 4. The van der Waals surface area contributed by atoms with E-state index < -0.39 is 11.8 Å². The van der Waals surface area contributed by atoms with Gasteiger partial charge in [-0.1, -0.05) is 18.6 Å². The van der Waals surface area contributed by atoms with Crippen molar-refractivity contribution in [3.05, 3.63) is 29.8 Å². The summed E-state index contributed by atoms with van der Waals surface area (Å²) < 4.78 is 5.69. The highest BCUT2D eigenvalue weighted by Gasteiger charge is 2.10. The van der Waals surface area contributed by atoms with Gasteiger partial charge in [-0.3, -0.25) is 14.5 Å². The summed E-state index contributed by atoms with van der Waals surface area (Å²) in [5, 5.41) is 2.43. The Labute approximate surface area is 137 Å².